The van der Waals surface area contributed by atoms with E-state index in [1.807, 2.05) is 0 Å². The zero-order valence-corrected chi connectivity index (χ0v) is 10.0. The van der Waals surface area contributed by atoms with Crippen LogP contribution in [0.2, 0.25) is 0 Å². The molecular weight excluding hydrogens is 228 g/mol. The largest absolute Gasteiger partial charge is 0.251 e. The van der Waals surface area contributed by atoms with E-state index in [1.165, 1.54) is 6.92 Å². The van der Waals surface area contributed by atoms with Gasteiger partial charge in [0, 0.05) is 11.4 Å². The third kappa shape index (κ3) is 2.90. The number of nitrogens with zero attached hydrogens (tertiary/aromatic N) is 3. The van der Waals surface area contributed by atoms with E-state index in [0.29, 0.717) is 11.4 Å². The van der Waals surface area contributed by atoms with Gasteiger partial charge in [-0.15, -0.1) is 0 Å². The van der Waals surface area contributed by atoms with Crippen molar-refractivity contribution >= 4 is 16.0 Å². The van der Waals surface area contributed by atoms with Gasteiger partial charge in [0.15, 0.2) is 5.25 Å². The van der Waals surface area contributed by atoms with Gasteiger partial charge in [-0.3, -0.25) is 4.72 Å². The molecule has 0 spiro atoms. The van der Waals surface area contributed by atoms with Gasteiger partial charge in [-0.25, -0.2) is 18.4 Å². The molecule has 1 aromatic heterocycles. The monoisotopic (exact) mass is 240 g/mol. The molecule has 1 unspecified atom stereocenters. The van der Waals surface area contributed by atoms with Crippen molar-refractivity contribution in [1.82, 2.24) is 9.97 Å². The normalized spacial score (nSPS) is 12.9. The maximum Gasteiger partial charge on any atom is 0.251 e. The smallest absolute Gasteiger partial charge is 0.250 e. The molecule has 1 atom stereocenters. The molecule has 16 heavy (non-hydrogen) atoms. The highest BCUT2D eigenvalue weighted by molar-refractivity contribution is 7.93. The van der Waals surface area contributed by atoms with Crippen LogP contribution in [0.1, 0.15) is 18.3 Å². The number of sulfonamides is 1. The predicted molar refractivity (Wildman–Crippen MR) is 59.1 cm³/mol. The fourth-order valence-electron chi connectivity index (χ4n) is 1.06. The number of rotatable bonds is 3. The first kappa shape index (κ1) is 12.4. The molecule has 0 aliphatic heterocycles. The van der Waals surface area contributed by atoms with Gasteiger partial charge < -0.3 is 0 Å². The highest BCUT2D eigenvalue weighted by atomic mass is 32.2. The van der Waals surface area contributed by atoms with Gasteiger partial charge in [0.1, 0.15) is 0 Å². The van der Waals surface area contributed by atoms with Crippen molar-refractivity contribution in [2.75, 3.05) is 4.72 Å². The average molecular weight is 240 g/mol. The van der Waals surface area contributed by atoms with E-state index >= 15 is 0 Å². The van der Waals surface area contributed by atoms with Gasteiger partial charge in [-0.2, -0.15) is 5.26 Å². The maximum absolute atomic E-state index is 11.5. The molecule has 7 heteroatoms. The summed E-state index contributed by atoms with van der Waals surface area (Å²) >= 11 is 0. The number of hydrogen-bond donors (Lipinski definition) is 1. The van der Waals surface area contributed by atoms with Crippen LogP contribution in [-0.2, 0) is 10.0 Å². The number of aromatic nitrogens is 2. The standard InChI is InChI=1S/C9H12N4O2S/c1-6-4-7(2)12-9(11-6)13-16(14,15)8(3)5-10/h4,8H,1-3H3,(H,11,12,13). The van der Waals surface area contributed by atoms with E-state index in [4.69, 9.17) is 5.26 Å². The average Bonchev–Trinajstić information content (AvgIpc) is 2.13. The Bertz CT molecular complexity index is 513. The molecule has 0 amide bonds. The van der Waals surface area contributed by atoms with Gasteiger partial charge in [0.2, 0.25) is 5.95 Å². The first-order chi connectivity index (χ1) is 7.35. The second-order valence-corrected chi connectivity index (χ2v) is 5.39. The molecule has 0 bridgehead atoms. The number of hydrogen-bond acceptors (Lipinski definition) is 5. The molecule has 1 N–H and O–H groups in total. The zero-order chi connectivity index (χ0) is 12.3. The molecule has 0 aliphatic rings. The van der Waals surface area contributed by atoms with Crippen molar-refractivity contribution in [3.8, 4) is 6.07 Å². The molecule has 0 fully saturated rings. The summed E-state index contributed by atoms with van der Waals surface area (Å²) in [6, 6.07) is 3.38. The fourth-order valence-corrected chi connectivity index (χ4v) is 1.72. The highest BCUT2D eigenvalue weighted by Gasteiger charge is 2.21. The molecule has 0 aliphatic carbocycles. The Morgan fingerprint density at radius 1 is 1.38 bits per heavy atom. The van der Waals surface area contributed by atoms with Crippen LogP contribution in [0, 0.1) is 25.2 Å². The van der Waals surface area contributed by atoms with E-state index in [-0.39, 0.29) is 5.95 Å². The minimum absolute atomic E-state index is 0.000370. The Balaban J connectivity index is 3.02. The van der Waals surface area contributed by atoms with Crippen molar-refractivity contribution < 1.29 is 8.42 Å². The van der Waals surface area contributed by atoms with E-state index in [0.717, 1.165) is 0 Å². The molecule has 1 heterocycles. The minimum atomic E-state index is -3.73. The van der Waals surface area contributed by atoms with Crippen LogP contribution in [0.3, 0.4) is 0 Å². The number of nitriles is 1. The van der Waals surface area contributed by atoms with Crippen LogP contribution >= 0.6 is 0 Å². The van der Waals surface area contributed by atoms with Crippen molar-refractivity contribution in [1.29, 1.82) is 5.26 Å². The third-order valence-corrected chi connectivity index (χ3v) is 3.37. The maximum atomic E-state index is 11.5. The van der Waals surface area contributed by atoms with Gasteiger partial charge in [0.25, 0.3) is 10.0 Å². The summed E-state index contributed by atoms with van der Waals surface area (Å²) < 4.78 is 25.3. The van der Waals surface area contributed by atoms with Crippen molar-refractivity contribution in [2.24, 2.45) is 0 Å². The summed E-state index contributed by atoms with van der Waals surface area (Å²) in [5.74, 6) is -0.000370. The van der Waals surface area contributed by atoms with E-state index in [1.54, 1.807) is 26.0 Å². The first-order valence-electron chi connectivity index (χ1n) is 4.58. The molecule has 0 radical (unpaired) electrons. The van der Waals surface area contributed by atoms with Crippen molar-refractivity contribution in [2.45, 2.75) is 26.0 Å². The lowest BCUT2D eigenvalue weighted by atomic mass is 10.4. The summed E-state index contributed by atoms with van der Waals surface area (Å²) in [5.41, 5.74) is 1.32. The summed E-state index contributed by atoms with van der Waals surface area (Å²) in [5, 5.41) is 7.41. The fraction of sp³-hybridized carbons (Fsp3) is 0.444. The number of nitrogens with one attached hydrogen (secondary N) is 1. The van der Waals surface area contributed by atoms with E-state index in [9.17, 15) is 8.42 Å². The van der Waals surface area contributed by atoms with Gasteiger partial charge >= 0.3 is 0 Å². The summed E-state index contributed by atoms with van der Waals surface area (Å²) in [6.07, 6.45) is 0. The van der Waals surface area contributed by atoms with E-state index in [2.05, 4.69) is 14.7 Å². The Morgan fingerprint density at radius 2 is 1.88 bits per heavy atom. The Labute approximate surface area is 94.4 Å². The van der Waals surface area contributed by atoms with E-state index < -0.39 is 15.3 Å². The van der Waals surface area contributed by atoms with Crippen LogP contribution in [-0.4, -0.2) is 23.6 Å². The van der Waals surface area contributed by atoms with Crippen LogP contribution in [0.25, 0.3) is 0 Å². The van der Waals surface area contributed by atoms with Crippen molar-refractivity contribution in [3.63, 3.8) is 0 Å². The summed E-state index contributed by atoms with van der Waals surface area (Å²) in [6.45, 7) is 4.77. The second-order valence-electron chi connectivity index (χ2n) is 3.39. The summed E-state index contributed by atoms with van der Waals surface area (Å²) in [7, 11) is -3.73. The van der Waals surface area contributed by atoms with Crippen LogP contribution < -0.4 is 4.72 Å². The third-order valence-electron chi connectivity index (χ3n) is 1.86. The molecule has 86 valence electrons. The molecule has 0 saturated heterocycles. The molecule has 1 rings (SSSR count). The molecule has 0 aromatic carbocycles. The predicted octanol–water partition coefficient (Wildman–Crippen LogP) is 0.747. The second kappa shape index (κ2) is 4.45. The topological polar surface area (TPSA) is 95.7 Å². The number of anilines is 1. The Kier molecular flexibility index (Phi) is 3.44. The quantitative estimate of drug-likeness (QED) is 0.840. The lowest BCUT2D eigenvalue weighted by Crippen LogP contribution is -2.25. The highest BCUT2D eigenvalue weighted by Crippen LogP contribution is 2.08. The van der Waals surface area contributed by atoms with Crippen LogP contribution in [0.15, 0.2) is 6.07 Å². The Hall–Kier alpha value is -1.68. The first-order valence-corrected chi connectivity index (χ1v) is 6.13. The van der Waals surface area contributed by atoms with Crippen LogP contribution in [0.5, 0.6) is 0 Å². The van der Waals surface area contributed by atoms with Gasteiger partial charge in [-0.1, -0.05) is 0 Å². The minimum Gasteiger partial charge on any atom is -0.250 e. The number of aryl methyl sites for hydroxylation is 2. The van der Waals surface area contributed by atoms with Crippen LogP contribution in [0.4, 0.5) is 5.95 Å². The lowest BCUT2D eigenvalue weighted by Gasteiger charge is -2.08. The SMILES string of the molecule is Cc1cc(C)nc(NS(=O)(=O)C(C)C#N)n1. The molecule has 1 aromatic rings. The van der Waals surface area contributed by atoms with Gasteiger partial charge in [-0.05, 0) is 26.8 Å². The molecule has 6 nitrogen and oxygen atoms in total. The molecule has 0 saturated carbocycles. The van der Waals surface area contributed by atoms with Gasteiger partial charge in [0.05, 0.1) is 6.07 Å². The van der Waals surface area contributed by atoms with Crippen molar-refractivity contribution in [3.05, 3.63) is 17.5 Å². The molecular formula is C9H12N4O2S. The zero-order valence-electron chi connectivity index (χ0n) is 9.22. The Morgan fingerprint density at radius 3 is 2.31 bits per heavy atom. The lowest BCUT2D eigenvalue weighted by molar-refractivity contribution is 0.596. The summed E-state index contributed by atoms with van der Waals surface area (Å²) in [4.78, 5) is 7.85.